The number of nitrogens with zero attached hydrogens (tertiary/aromatic N) is 1. The quantitative estimate of drug-likeness (QED) is 0.788. The van der Waals surface area contributed by atoms with Crippen molar-refractivity contribution in [2.75, 3.05) is 18.0 Å². The number of hydrogen-bond acceptors (Lipinski definition) is 3. The fraction of sp³-hybridized carbons (Fsp3) is 0.588. The van der Waals surface area contributed by atoms with Gasteiger partial charge in [-0.15, -0.1) is 0 Å². The molecule has 2 atom stereocenters. The number of hydrogen-bond donors (Lipinski definition) is 2. The Morgan fingerprint density at radius 2 is 2.19 bits per heavy atom. The predicted octanol–water partition coefficient (Wildman–Crippen LogP) is 2.07. The van der Waals surface area contributed by atoms with Gasteiger partial charge in [-0.25, -0.2) is 0 Å². The number of nitrogens with one attached hydrogen (secondary N) is 1. The number of fused-ring (bicyclic) bond motifs is 1. The van der Waals surface area contributed by atoms with Crippen molar-refractivity contribution in [2.24, 2.45) is 5.73 Å². The summed E-state index contributed by atoms with van der Waals surface area (Å²) in [5.41, 5.74) is 8.53. The molecule has 1 amide bonds. The maximum atomic E-state index is 12.3. The number of benzene rings is 1. The second kappa shape index (κ2) is 7.46. The summed E-state index contributed by atoms with van der Waals surface area (Å²) in [6, 6.07) is 8.16. The highest BCUT2D eigenvalue weighted by Gasteiger charge is 2.28. The van der Waals surface area contributed by atoms with Crippen molar-refractivity contribution in [3.8, 4) is 0 Å². The van der Waals surface area contributed by atoms with Gasteiger partial charge in [-0.05, 0) is 31.4 Å². The van der Waals surface area contributed by atoms with Crippen LogP contribution in [0.4, 0.5) is 5.69 Å². The molecule has 116 valence electrons. The minimum absolute atomic E-state index is 0.0926. The normalized spacial score (nSPS) is 19.0. The number of para-hydroxylation sites is 1. The third-order valence-electron chi connectivity index (χ3n) is 4.14. The van der Waals surface area contributed by atoms with Gasteiger partial charge in [0.15, 0.2) is 0 Å². The second-order valence-corrected chi connectivity index (χ2v) is 5.92. The van der Waals surface area contributed by atoms with E-state index in [9.17, 15) is 4.79 Å². The number of carbonyl (C=O) groups excluding carboxylic acids is 1. The van der Waals surface area contributed by atoms with Gasteiger partial charge >= 0.3 is 0 Å². The second-order valence-electron chi connectivity index (χ2n) is 5.92. The molecule has 4 nitrogen and oxygen atoms in total. The van der Waals surface area contributed by atoms with Crippen molar-refractivity contribution >= 4 is 11.6 Å². The standard InChI is InChI=1S/C17H27N3O/c1-3-4-7-10-19-17(21)13(2)20-12-15(18)11-14-8-5-6-9-16(14)20/h5-6,8-9,13,15H,3-4,7,10-12,18H2,1-2H3,(H,19,21). The summed E-state index contributed by atoms with van der Waals surface area (Å²) in [6.07, 6.45) is 4.26. The smallest absolute Gasteiger partial charge is 0.242 e. The molecule has 1 aromatic carbocycles. The molecule has 0 radical (unpaired) electrons. The van der Waals surface area contributed by atoms with E-state index in [2.05, 4.69) is 29.3 Å². The zero-order chi connectivity index (χ0) is 15.2. The number of anilines is 1. The lowest BCUT2D eigenvalue weighted by molar-refractivity contribution is -0.122. The van der Waals surface area contributed by atoms with Crippen molar-refractivity contribution in [2.45, 2.75) is 51.6 Å². The molecule has 2 rings (SSSR count). The van der Waals surface area contributed by atoms with E-state index >= 15 is 0 Å². The maximum Gasteiger partial charge on any atom is 0.242 e. The van der Waals surface area contributed by atoms with Crippen LogP contribution in [0.2, 0.25) is 0 Å². The number of carbonyl (C=O) groups is 1. The van der Waals surface area contributed by atoms with Crippen LogP contribution in [0.1, 0.15) is 38.7 Å². The SMILES string of the molecule is CCCCCNC(=O)C(C)N1CC(N)Cc2ccccc21. The lowest BCUT2D eigenvalue weighted by Gasteiger charge is -2.38. The van der Waals surface area contributed by atoms with Crippen molar-refractivity contribution in [1.82, 2.24) is 5.32 Å². The van der Waals surface area contributed by atoms with E-state index in [0.29, 0.717) is 0 Å². The molecule has 0 saturated heterocycles. The molecule has 0 fully saturated rings. The van der Waals surface area contributed by atoms with Gasteiger partial charge in [0.1, 0.15) is 6.04 Å². The van der Waals surface area contributed by atoms with Crippen molar-refractivity contribution in [3.05, 3.63) is 29.8 Å². The molecule has 2 unspecified atom stereocenters. The van der Waals surface area contributed by atoms with E-state index in [4.69, 9.17) is 5.73 Å². The molecule has 0 saturated carbocycles. The highest BCUT2D eigenvalue weighted by molar-refractivity contribution is 5.85. The topological polar surface area (TPSA) is 58.4 Å². The Bertz CT molecular complexity index is 475. The maximum absolute atomic E-state index is 12.3. The zero-order valence-corrected chi connectivity index (χ0v) is 13.1. The van der Waals surface area contributed by atoms with Crippen LogP contribution in [0.3, 0.4) is 0 Å². The Labute approximate surface area is 127 Å². The Morgan fingerprint density at radius 1 is 1.43 bits per heavy atom. The van der Waals surface area contributed by atoms with Gasteiger partial charge < -0.3 is 16.0 Å². The Hall–Kier alpha value is -1.55. The molecule has 0 aromatic heterocycles. The molecule has 1 heterocycles. The summed E-state index contributed by atoms with van der Waals surface area (Å²) in [5.74, 6) is 0.0926. The number of nitrogens with two attached hydrogens (primary N) is 1. The summed E-state index contributed by atoms with van der Waals surface area (Å²) >= 11 is 0. The monoisotopic (exact) mass is 289 g/mol. The van der Waals surface area contributed by atoms with Crippen LogP contribution in [-0.2, 0) is 11.2 Å². The van der Waals surface area contributed by atoms with Gasteiger partial charge in [0.05, 0.1) is 0 Å². The first kappa shape index (κ1) is 15.8. The van der Waals surface area contributed by atoms with Gasteiger partial charge in [0, 0.05) is 24.8 Å². The van der Waals surface area contributed by atoms with Crippen LogP contribution in [0, 0.1) is 0 Å². The fourth-order valence-corrected chi connectivity index (χ4v) is 2.90. The van der Waals surface area contributed by atoms with Crippen LogP contribution in [-0.4, -0.2) is 31.1 Å². The van der Waals surface area contributed by atoms with E-state index in [1.54, 1.807) is 0 Å². The van der Waals surface area contributed by atoms with Gasteiger partial charge in [-0.3, -0.25) is 4.79 Å². The molecule has 21 heavy (non-hydrogen) atoms. The molecule has 1 aliphatic heterocycles. The minimum Gasteiger partial charge on any atom is -0.358 e. The first-order valence-electron chi connectivity index (χ1n) is 8.01. The fourth-order valence-electron chi connectivity index (χ4n) is 2.90. The predicted molar refractivity (Wildman–Crippen MR) is 87.5 cm³/mol. The minimum atomic E-state index is -0.181. The highest BCUT2D eigenvalue weighted by atomic mass is 16.2. The van der Waals surface area contributed by atoms with E-state index < -0.39 is 0 Å². The van der Waals surface area contributed by atoms with Crippen molar-refractivity contribution in [1.29, 1.82) is 0 Å². The summed E-state index contributed by atoms with van der Waals surface area (Å²) in [4.78, 5) is 14.5. The molecule has 3 N–H and O–H groups in total. The van der Waals surface area contributed by atoms with Crippen LogP contribution in [0.25, 0.3) is 0 Å². The molecular weight excluding hydrogens is 262 g/mol. The summed E-state index contributed by atoms with van der Waals surface area (Å²) < 4.78 is 0. The van der Waals surface area contributed by atoms with Crippen LogP contribution in [0.15, 0.2) is 24.3 Å². The molecule has 0 aliphatic carbocycles. The first-order valence-corrected chi connectivity index (χ1v) is 8.01. The van der Waals surface area contributed by atoms with Crippen LogP contribution >= 0.6 is 0 Å². The average molecular weight is 289 g/mol. The Kier molecular flexibility index (Phi) is 5.62. The molecule has 0 bridgehead atoms. The lowest BCUT2D eigenvalue weighted by atomic mass is 9.97. The van der Waals surface area contributed by atoms with Crippen molar-refractivity contribution < 1.29 is 4.79 Å². The number of unbranched alkanes of at least 4 members (excludes halogenated alkanes) is 2. The van der Waals surface area contributed by atoms with E-state index in [0.717, 1.165) is 38.0 Å². The first-order chi connectivity index (χ1) is 10.1. The summed E-state index contributed by atoms with van der Waals surface area (Å²) in [7, 11) is 0. The molecule has 4 heteroatoms. The highest BCUT2D eigenvalue weighted by Crippen LogP contribution is 2.28. The molecule has 1 aromatic rings. The lowest BCUT2D eigenvalue weighted by Crippen LogP contribution is -2.52. The van der Waals surface area contributed by atoms with E-state index in [1.165, 1.54) is 12.0 Å². The number of amides is 1. The largest absolute Gasteiger partial charge is 0.358 e. The molecule has 1 aliphatic rings. The van der Waals surface area contributed by atoms with E-state index in [1.807, 2.05) is 19.1 Å². The van der Waals surface area contributed by atoms with Crippen LogP contribution < -0.4 is 16.0 Å². The van der Waals surface area contributed by atoms with E-state index in [-0.39, 0.29) is 18.0 Å². The average Bonchev–Trinajstić information content (AvgIpc) is 2.49. The molecule has 0 spiro atoms. The van der Waals surface area contributed by atoms with Crippen LogP contribution in [0.5, 0.6) is 0 Å². The third kappa shape index (κ3) is 3.97. The van der Waals surface area contributed by atoms with Gasteiger partial charge in [-0.1, -0.05) is 38.0 Å². The Morgan fingerprint density at radius 3 is 2.95 bits per heavy atom. The molecular formula is C17H27N3O. The Balaban J connectivity index is 2.01. The summed E-state index contributed by atoms with van der Waals surface area (Å²) in [6.45, 7) is 5.62. The van der Waals surface area contributed by atoms with Gasteiger partial charge in [0.25, 0.3) is 0 Å². The van der Waals surface area contributed by atoms with Gasteiger partial charge in [-0.2, -0.15) is 0 Å². The zero-order valence-electron chi connectivity index (χ0n) is 13.1. The summed E-state index contributed by atoms with van der Waals surface area (Å²) in [5, 5.41) is 3.04. The number of rotatable bonds is 6. The van der Waals surface area contributed by atoms with Crippen molar-refractivity contribution in [3.63, 3.8) is 0 Å². The van der Waals surface area contributed by atoms with Gasteiger partial charge in [0.2, 0.25) is 5.91 Å². The third-order valence-corrected chi connectivity index (χ3v) is 4.14.